The molecule has 0 saturated carbocycles. The number of pyridine rings is 1. The number of nitrogens with zero attached hydrogens (tertiary/aromatic N) is 1. The standard InChI is InChI=1S/C24H19N/c1-18-12-13-23-21(14-18)16-25-17-22(23)15-24(19-8-4-2-5-9-19)20-10-6-3-7-11-20/h2-17H,1H3. The van der Waals surface area contributed by atoms with Crippen molar-refractivity contribution in [1.29, 1.82) is 0 Å². The molecule has 0 bridgehead atoms. The van der Waals surface area contributed by atoms with Crippen LogP contribution in [0.5, 0.6) is 0 Å². The Morgan fingerprint density at radius 2 is 1.40 bits per heavy atom. The summed E-state index contributed by atoms with van der Waals surface area (Å²) in [5, 5.41) is 2.40. The van der Waals surface area contributed by atoms with Crippen LogP contribution in [0.3, 0.4) is 0 Å². The minimum absolute atomic E-state index is 1.14. The van der Waals surface area contributed by atoms with E-state index in [0.29, 0.717) is 0 Å². The molecule has 0 amide bonds. The van der Waals surface area contributed by atoms with Crippen LogP contribution in [-0.4, -0.2) is 4.98 Å². The van der Waals surface area contributed by atoms with Gasteiger partial charge in [-0.25, -0.2) is 0 Å². The second-order valence-electron chi connectivity index (χ2n) is 6.24. The third-order valence-corrected chi connectivity index (χ3v) is 4.41. The fourth-order valence-corrected chi connectivity index (χ4v) is 3.16. The normalized spacial score (nSPS) is 10.6. The fraction of sp³-hybridized carbons (Fsp3) is 0.0417. The van der Waals surface area contributed by atoms with Gasteiger partial charge in [-0.15, -0.1) is 0 Å². The molecule has 0 unspecified atom stereocenters. The van der Waals surface area contributed by atoms with Crippen molar-refractivity contribution < 1.29 is 0 Å². The van der Waals surface area contributed by atoms with E-state index in [0.717, 1.165) is 5.56 Å². The molecule has 0 N–H and O–H groups in total. The summed E-state index contributed by atoms with van der Waals surface area (Å²) in [5.74, 6) is 0. The lowest BCUT2D eigenvalue weighted by atomic mass is 9.94. The van der Waals surface area contributed by atoms with Gasteiger partial charge in [-0.3, -0.25) is 4.98 Å². The summed E-state index contributed by atoms with van der Waals surface area (Å²) in [7, 11) is 0. The van der Waals surface area contributed by atoms with Gasteiger partial charge in [0, 0.05) is 23.3 Å². The third kappa shape index (κ3) is 3.22. The molecular formula is C24H19N. The van der Waals surface area contributed by atoms with Crippen molar-refractivity contribution in [2.24, 2.45) is 0 Å². The van der Waals surface area contributed by atoms with Gasteiger partial charge in [0.1, 0.15) is 0 Å². The van der Waals surface area contributed by atoms with E-state index in [1.807, 2.05) is 24.5 Å². The summed E-state index contributed by atoms with van der Waals surface area (Å²) in [6.07, 6.45) is 6.13. The van der Waals surface area contributed by atoms with Crippen LogP contribution in [0.2, 0.25) is 0 Å². The van der Waals surface area contributed by atoms with Gasteiger partial charge < -0.3 is 0 Å². The van der Waals surface area contributed by atoms with E-state index in [1.54, 1.807) is 0 Å². The maximum atomic E-state index is 4.45. The highest BCUT2D eigenvalue weighted by Crippen LogP contribution is 2.28. The molecule has 4 aromatic rings. The Bertz CT molecular complexity index is 990. The summed E-state index contributed by atoms with van der Waals surface area (Å²) in [5.41, 5.74) is 6.01. The van der Waals surface area contributed by atoms with E-state index >= 15 is 0 Å². The molecule has 4 rings (SSSR count). The van der Waals surface area contributed by atoms with E-state index in [4.69, 9.17) is 0 Å². The topological polar surface area (TPSA) is 12.9 Å². The van der Waals surface area contributed by atoms with Crippen LogP contribution in [0.15, 0.2) is 91.3 Å². The highest BCUT2D eigenvalue weighted by molar-refractivity contribution is 5.98. The number of hydrogen-bond donors (Lipinski definition) is 0. The molecule has 1 nitrogen and oxygen atoms in total. The monoisotopic (exact) mass is 321 g/mol. The Labute approximate surface area is 148 Å². The van der Waals surface area contributed by atoms with Gasteiger partial charge in [-0.2, -0.15) is 0 Å². The first-order valence-corrected chi connectivity index (χ1v) is 8.48. The van der Waals surface area contributed by atoms with Gasteiger partial charge in [0.15, 0.2) is 0 Å². The first-order valence-electron chi connectivity index (χ1n) is 8.48. The second kappa shape index (κ2) is 6.74. The van der Waals surface area contributed by atoms with E-state index in [9.17, 15) is 0 Å². The number of benzene rings is 3. The van der Waals surface area contributed by atoms with E-state index in [-0.39, 0.29) is 0 Å². The molecule has 0 radical (unpaired) electrons. The number of aromatic nitrogens is 1. The predicted molar refractivity (Wildman–Crippen MR) is 106 cm³/mol. The quantitative estimate of drug-likeness (QED) is 0.442. The molecule has 0 atom stereocenters. The molecular weight excluding hydrogens is 302 g/mol. The molecule has 120 valence electrons. The minimum atomic E-state index is 1.14. The van der Waals surface area contributed by atoms with Crippen LogP contribution < -0.4 is 0 Å². The van der Waals surface area contributed by atoms with Crippen LogP contribution in [0.25, 0.3) is 22.4 Å². The van der Waals surface area contributed by atoms with Crippen LogP contribution >= 0.6 is 0 Å². The van der Waals surface area contributed by atoms with Gasteiger partial charge in [0.2, 0.25) is 0 Å². The van der Waals surface area contributed by atoms with E-state index < -0.39 is 0 Å². The number of fused-ring (bicyclic) bond motifs is 1. The maximum Gasteiger partial charge on any atom is 0.0347 e. The Morgan fingerprint density at radius 1 is 0.760 bits per heavy atom. The average Bonchev–Trinajstić information content (AvgIpc) is 2.67. The van der Waals surface area contributed by atoms with Gasteiger partial charge >= 0.3 is 0 Å². The molecule has 3 aromatic carbocycles. The van der Waals surface area contributed by atoms with Crippen LogP contribution in [0.4, 0.5) is 0 Å². The number of rotatable bonds is 3. The highest BCUT2D eigenvalue weighted by Gasteiger charge is 2.07. The van der Waals surface area contributed by atoms with Crippen molar-refractivity contribution >= 4 is 22.4 Å². The molecule has 0 aliphatic rings. The summed E-state index contributed by atoms with van der Waals surface area (Å²) in [6, 6.07) is 27.6. The van der Waals surface area contributed by atoms with E-state index in [1.165, 1.54) is 33.0 Å². The Hall–Kier alpha value is -3.19. The van der Waals surface area contributed by atoms with Gasteiger partial charge in [-0.05, 0) is 41.2 Å². The zero-order valence-electron chi connectivity index (χ0n) is 14.2. The van der Waals surface area contributed by atoms with Gasteiger partial charge in [0.25, 0.3) is 0 Å². The lowest BCUT2D eigenvalue weighted by Gasteiger charge is -2.10. The summed E-state index contributed by atoms with van der Waals surface area (Å²) in [4.78, 5) is 4.45. The minimum Gasteiger partial charge on any atom is -0.263 e. The fourth-order valence-electron chi connectivity index (χ4n) is 3.16. The molecule has 1 heteroatoms. The highest BCUT2D eigenvalue weighted by atomic mass is 14.6. The van der Waals surface area contributed by atoms with Crippen molar-refractivity contribution in [2.75, 3.05) is 0 Å². The second-order valence-corrected chi connectivity index (χ2v) is 6.24. The summed E-state index contributed by atoms with van der Waals surface area (Å²) in [6.45, 7) is 2.11. The van der Waals surface area contributed by atoms with Crippen LogP contribution in [-0.2, 0) is 0 Å². The smallest absolute Gasteiger partial charge is 0.0347 e. The maximum absolute atomic E-state index is 4.45. The third-order valence-electron chi connectivity index (χ3n) is 4.41. The first-order chi connectivity index (χ1) is 12.3. The first kappa shape index (κ1) is 15.3. The summed E-state index contributed by atoms with van der Waals surface area (Å²) >= 11 is 0. The molecule has 0 aliphatic carbocycles. The number of hydrogen-bond acceptors (Lipinski definition) is 1. The van der Waals surface area contributed by atoms with Crippen molar-refractivity contribution in [3.63, 3.8) is 0 Å². The Balaban J connectivity index is 1.94. The molecule has 0 spiro atoms. The van der Waals surface area contributed by atoms with Crippen LogP contribution in [0.1, 0.15) is 22.3 Å². The van der Waals surface area contributed by atoms with Crippen molar-refractivity contribution in [3.8, 4) is 0 Å². The van der Waals surface area contributed by atoms with Crippen molar-refractivity contribution in [3.05, 3.63) is 114 Å². The Kier molecular flexibility index (Phi) is 4.14. The van der Waals surface area contributed by atoms with Crippen LogP contribution in [0, 0.1) is 6.92 Å². The van der Waals surface area contributed by atoms with Gasteiger partial charge in [-0.1, -0.05) is 78.4 Å². The van der Waals surface area contributed by atoms with E-state index in [2.05, 4.69) is 84.7 Å². The summed E-state index contributed by atoms with van der Waals surface area (Å²) < 4.78 is 0. The largest absolute Gasteiger partial charge is 0.263 e. The molecule has 1 aromatic heterocycles. The lowest BCUT2D eigenvalue weighted by Crippen LogP contribution is -1.89. The molecule has 1 heterocycles. The van der Waals surface area contributed by atoms with Gasteiger partial charge in [0.05, 0.1) is 0 Å². The molecule has 0 fully saturated rings. The zero-order chi connectivity index (χ0) is 17.1. The predicted octanol–water partition coefficient (Wildman–Crippen LogP) is 6.13. The lowest BCUT2D eigenvalue weighted by molar-refractivity contribution is 1.35. The molecule has 0 saturated heterocycles. The van der Waals surface area contributed by atoms with Crippen molar-refractivity contribution in [1.82, 2.24) is 4.98 Å². The zero-order valence-corrected chi connectivity index (χ0v) is 14.2. The number of aryl methyl sites for hydroxylation is 1. The molecule has 25 heavy (non-hydrogen) atoms. The molecule has 0 aliphatic heterocycles. The average molecular weight is 321 g/mol. The van der Waals surface area contributed by atoms with Crippen molar-refractivity contribution in [2.45, 2.75) is 6.92 Å². The Morgan fingerprint density at radius 3 is 2.04 bits per heavy atom. The SMILES string of the molecule is Cc1ccc2c(C=C(c3ccccc3)c3ccccc3)cncc2c1.